The van der Waals surface area contributed by atoms with E-state index in [2.05, 4.69) is 10.3 Å². The number of hydrogen-bond acceptors (Lipinski definition) is 3. The van der Waals surface area contributed by atoms with E-state index in [0.717, 1.165) is 17.9 Å². The van der Waals surface area contributed by atoms with Crippen molar-refractivity contribution in [2.75, 3.05) is 13.7 Å². The second-order valence-electron chi connectivity index (χ2n) is 4.52. The first-order chi connectivity index (χ1) is 9.76. The van der Waals surface area contributed by atoms with Crippen molar-refractivity contribution in [2.24, 2.45) is 0 Å². The molecule has 4 heteroatoms. The van der Waals surface area contributed by atoms with Crippen molar-refractivity contribution in [1.29, 1.82) is 0 Å². The predicted octanol–water partition coefficient (Wildman–Crippen LogP) is 3.12. The normalized spacial score (nSPS) is 12.2. The zero-order valence-electron chi connectivity index (χ0n) is 11.8. The van der Waals surface area contributed by atoms with E-state index in [-0.39, 0.29) is 11.9 Å². The molecule has 2 aromatic rings. The Morgan fingerprint density at radius 3 is 2.80 bits per heavy atom. The van der Waals surface area contributed by atoms with Gasteiger partial charge in [-0.05, 0) is 30.7 Å². The first-order valence-electron chi connectivity index (χ1n) is 6.71. The van der Waals surface area contributed by atoms with E-state index in [1.54, 1.807) is 25.6 Å². The summed E-state index contributed by atoms with van der Waals surface area (Å²) in [6.45, 7) is 2.83. The molecule has 0 saturated heterocycles. The van der Waals surface area contributed by atoms with Gasteiger partial charge in [0.25, 0.3) is 0 Å². The number of ether oxygens (including phenoxy) is 1. The summed E-state index contributed by atoms with van der Waals surface area (Å²) in [5.74, 6) is 0.540. The first kappa shape index (κ1) is 14.5. The summed E-state index contributed by atoms with van der Waals surface area (Å²) in [6.07, 6.45) is 3.98. The number of benzene rings is 1. The second-order valence-corrected chi connectivity index (χ2v) is 4.52. The van der Waals surface area contributed by atoms with Crippen molar-refractivity contribution in [1.82, 2.24) is 10.3 Å². The van der Waals surface area contributed by atoms with Crippen molar-refractivity contribution in [3.63, 3.8) is 0 Å². The minimum Gasteiger partial charge on any atom is -0.495 e. The maximum absolute atomic E-state index is 13.8. The predicted molar refractivity (Wildman–Crippen MR) is 77.3 cm³/mol. The minimum absolute atomic E-state index is 0.00477. The fourth-order valence-electron chi connectivity index (χ4n) is 2.27. The Morgan fingerprint density at radius 1 is 1.30 bits per heavy atom. The van der Waals surface area contributed by atoms with Crippen LogP contribution in [0.5, 0.6) is 5.75 Å². The monoisotopic (exact) mass is 274 g/mol. The molecule has 1 heterocycles. The average molecular weight is 274 g/mol. The van der Waals surface area contributed by atoms with Gasteiger partial charge < -0.3 is 10.1 Å². The lowest BCUT2D eigenvalue weighted by atomic mass is 9.98. The van der Waals surface area contributed by atoms with E-state index in [0.29, 0.717) is 12.0 Å². The SMILES string of the molecule is CCNC(Cc1ccccc1F)c1ccncc1OC. The van der Waals surface area contributed by atoms with Gasteiger partial charge in [0, 0.05) is 17.8 Å². The summed E-state index contributed by atoms with van der Waals surface area (Å²) >= 11 is 0. The van der Waals surface area contributed by atoms with E-state index in [4.69, 9.17) is 4.74 Å². The fraction of sp³-hybridized carbons (Fsp3) is 0.312. The molecule has 0 aliphatic heterocycles. The zero-order valence-corrected chi connectivity index (χ0v) is 11.8. The highest BCUT2D eigenvalue weighted by molar-refractivity contribution is 5.34. The number of likely N-dealkylation sites (N-methyl/N-ethyl adjacent to an activating group) is 1. The molecule has 1 aromatic carbocycles. The summed E-state index contributed by atoms with van der Waals surface area (Å²) in [7, 11) is 1.62. The molecule has 2 rings (SSSR count). The first-order valence-corrected chi connectivity index (χ1v) is 6.71. The summed E-state index contributed by atoms with van der Waals surface area (Å²) < 4.78 is 19.2. The summed E-state index contributed by atoms with van der Waals surface area (Å²) in [4.78, 5) is 4.06. The van der Waals surface area contributed by atoms with E-state index in [1.807, 2.05) is 25.1 Å². The van der Waals surface area contributed by atoms with E-state index in [1.165, 1.54) is 6.07 Å². The van der Waals surface area contributed by atoms with Gasteiger partial charge >= 0.3 is 0 Å². The molecule has 106 valence electrons. The lowest BCUT2D eigenvalue weighted by Crippen LogP contribution is -2.24. The molecule has 1 atom stereocenters. The lowest BCUT2D eigenvalue weighted by Gasteiger charge is -2.20. The van der Waals surface area contributed by atoms with E-state index in [9.17, 15) is 4.39 Å². The van der Waals surface area contributed by atoms with Gasteiger partial charge in [-0.25, -0.2) is 4.39 Å². The number of methoxy groups -OCH3 is 1. The number of hydrogen-bond donors (Lipinski definition) is 1. The molecule has 0 aliphatic rings. The topological polar surface area (TPSA) is 34.2 Å². The molecular formula is C16H19FN2O. The second kappa shape index (κ2) is 7.01. The number of nitrogens with zero attached hydrogens (tertiary/aromatic N) is 1. The van der Waals surface area contributed by atoms with E-state index < -0.39 is 0 Å². The van der Waals surface area contributed by atoms with Crippen LogP contribution >= 0.6 is 0 Å². The molecule has 3 nitrogen and oxygen atoms in total. The molecule has 0 fully saturated rings. The van der Waals surface area contributed by atoms with Crippen molar-refractivity contribution in [3.05, 3.63) is 59.7 Å². The van der Waals surface area contributed by atoms with Gasteiger partial charge in [-0.3, -0.25) is 4.98 Å². The average Bonchev–Trinajstić information content (AvgIpc) is 2.49. The third-order valence-electron chi connectivity index (χ3n) is 3.24. The van der Waals surface area contributed by atoms with Crippen LogP contribution in [-0.4, -0.2) is 18.6 Å². The summed E-state index contributed by atoms with van der Waals surface area (Å²) in [6, 6.07) is 8.76. The van der Waals surface area contributed by atoms with Crippen molar-refractivity contribution in [2.45, 2.75) is 19.4 Å². The van der Waals surface area contributed by atoms with Crippen LogP contribution in [0.25, 0.3) is 0 Å². The molecule has 20 heavy (non-hydrogen) atoms. The number of nitrogens with one attached hydrogen (secondary N) is 1. The third kappa shape index (κ3) is 3.33. The van der Waals surface area contributed by atoms with Gasteiger partial charge in [-0.2, -0.15) is 0 Å². The molecule has 1 aromatic heterocycles. The summed E-state index contributed by atoms with van der Waals surface area (Å²) in [5, 5.41) is 3.37. The lowest BCUT2D eigenvalue weighted by molar-refractivity contribution is 0.396. The Bertz CT molecular complexity index is 560. The smallest absolute Gasteiger partial charge is 0.141 e. The van der Waals surface area contributed by atoms with Gasteiger partial charge in [0.1, 0.15) is 11.6 Å². The Morgan fingerprint density at radius 2 is 2.10 bits per heavy atom. The van der Waals surface area contributed by atoms with Crippen molar-refractivity contribution in [3.8, 4) is 5.75 Å². The quantitative estimate of drug-likeness (QED) is 0.878. The zero-order chi connectivity index (χ0) is 14.4. The Kier molecular flexibility index (Phi) is 5.07. The molecule has 0 spiro atoms. The molecule has 0 radical (unpaired) electrons. The Balaban J connectivity index is 2.29. The molecular weight excluding hydrogens is 255 g/mol. The molecule has 0 aliphatic carbocycles. The third-order valence-corrected chi connectivity index (χ3v) is 3.24. The largest absolute Gasteiger partial charge is 0.495 e. The van der Waals surface area contributed by atoms with E-state index >= 15 is 0 Å². The van der Waals surface area contributed by atoms with Crippen LogP contribution in [0.3, 0.4) is 0 Å². The molecule has 0 bridgehead atoms. The number of rotatable bonds is 6. The fourth-order valence-corrected chi connectivity index (χ4v) is 2.27. The van der Waals surface area contributed by atoms with Crippen LogP contribution in [0.2, 0.25) is 0 Å². The highest BCUT2D eigenvalue weighted by atomic mass is 19.1. The van der Waals surface area contributed by atoms with Gasteiger partial charge in [0.2, 0.25) is 0 Å². The van der Waals surface area contributed by atoms with Crippen LogP contribution in [0.15, 0.2) is 42.7 Å². The summed E-state index contributed by atoms with van der Waals surface area (Å²) in [5.41, 5.74) is 1.69. The highest BCUT2D eigenvalue weighted by Crippen LogP contribution is 2.27. The maximum Gasteiger partial charge on any atom is 0.141 e. The minimum atomic E-state index is -0.177. The van der Waals surface area contributed by atoms with Crippen LogP contribution in [0, 0.1) is 5.82 Å². The van der Waals surface area contributed by atoms with Gasteiger partial charge in [0.05, 0.1) is 13.3 Å². The van der Waals surface area contributed by atoms with Crippen LogP contribution in [0.1, 0.15) is 24.1 Å². The van der Waals surface area contributed by atoms with Crippen LogP contribution in [-0.2, 0) is 6.42 Å². The Labute approximate surface area is 118 Å². The standard InChI is InChI=1S/C16H19FN2O/c1-3-19-15(10-12-6-4-5-7-14(12)17)13-8-9-18-11-16(13)20-2/h4-9,11,15,19H,3,10H2,1-2H3. The molecule has 0 saturated carbocycles. The maximum atomic E-state index is 13.8. The van der Waals surface area contributed by atoms with Crippen LogP contribution < -0.4 is 10.1 Å². The number of aromatic nitrogens is 1. The van der Waals surface area contributed by atoms with Crippen molar-refractivity contribution < 1.29 is 9.13 Å². The van der Waals surface area contributed by atoms with Crippen molar-refractivity contribution >= 4 is 0 Å². The molecule has 1 unspecified atom stereocenters. The van der Waals surface area contributed by atoms with Crippen LogP contribution in [0.4, 0.5) is 4.39 Å². The van der Waals surface area contributed by atoms with Gasteiger partial charge in [-0.1, -0.05) is 25.1 Å². The number of halogens is 1. The molecule has 0 amide bonds. The highest BCUT2D eigenvalue weighted by Gasteiger charge is 2.17. The van der Waals surface area contributed by atoms with Gasteiger partial charge in [0.15, 0.2) is 0 Å². The molecule has 1 N–H and O–H groups in total. The number of pyridine rings is 1. The Hall–Kier alpha value is -1.94. The van der Waals surface area contributed by atoms with Gasteiger partial charge in [-0.15, -0.1) is 0 Å².